The summed E-state index contributed by atoms with van der Waals surface area (Å²) in [6, 6.07) is 1.60. The van der Waals surface area contributed by atoms with Crippen LogP contribution < -0.4 is 10.1 Å². The Morgan fingerprint density at radius 2 is 2.33 bits per heavy atom. The van der Waals surface area contributed by atoms with Crippen molar-refractivity contribution in [1.82, 2.24) is 9.97 Å². The third-order valence-electron chi connectivity index (χ3n) is 1.57. The number of aromatic nitrogens is 2. The van der Waals surface area contributed by atoms with E-state index < -0.39 is 0 Å². The smallest absolute Gasteiger partial charge is 0.325 e. The molecule has 0 radical (unpaired) electrons. The van der Waals surface area contributed by atoms with E-state index in [-0.39, 0.29) is 12.5 Å². The first-order chi connectivity index (χ1) is 7.26. The molecule has 0 saturated carbocycles. The predicted molar refractivity (Wildman–Crippen MR) is 53.7 cm³/mol. The Labute approximate surface area is 87.6 Å². The normalized spacial score (nSPS) is 9.47. The molecule has 0 aliphatic heterocycles. The zero-order chi connectivity index (χ0) is 11.1. The van der Waals surface area contributed by atoms with Crippen molar-refractivity contribution < 1.29 is 14.3 Å². The van der Waals surface area contributed by atoms with Crippen LogP contribution in [0.3, 0.4) is 0 Å². The molecule has 0 aliphatic carbocycles. The van der Waals surface area contributed by atoms with E-state index in [0.717, 1.165) is 0 Å². The Bertz CT molecular complexity index is 330. The first kappa shape index (κ1) is 11.2. The average molecular weight is 211 g/mol. The van der Waals surface area contributed by atoms with Gasteiger partial charge >= 0.3 is 5.97 Å². The van der Waals surface area contributed by atoms with E-state index in [4.69, 9.17) is 9.47 Å². The maximum Gasteiger partial charge on any atom is 0.325 e. The lowest BCUT2D eigenvalue weighted by Gasteiger charge is -2.05. The first-order valence-electron chi connectivity index (χ1n) is 4.51. The topological polar surface area (TPSA) is 73.3 Å². The summed E-state index contributed by atoms with van der Waals surface area (Å²) in [5, 5.41) is 2.80. The van der Waals surface area contributed by atoms with Gasteiger partial charge in [-0.15, -0.1) is 0 Å². The molecule has 1 heterocycles. The molecule has 0 atom stereocenters. The van der Waals surface area contributed by atoms with Crippen LogP contribution in [0.25, 0.3) is 0 Å². The molecule has 82 valence electrons. The van der Waals surface area contributed by atoms with Crippen molar-refractivity contribution in [3.63, 3.8) is 0 Å². The third-order valence-corrected chi connectivity index (χ3v) is 1.57. The van der Waals surface area contributed by atoms with Crippen LogP contribution in [0.15, 0.2) is 12.4 Å². The number of anilines is 1. The number of hydrogen-bond donors (Lipinski definition) is 1. The van der Waals surface area contributed by atoms with E-state index in [1.807, 2.05) is 0 Å². The van der Waals surface area contributed by atoms with Gasteiger partial charge in [-0.25, -0.2) is 9.97 Å². The minimum Gasteiger partial charge on any atom is -0.481 e. The largest absolute Gasteiger partial charge is 0.481 e. The summed E-state index contributed by atoms with van der Waals surface area (Å²) in [6.45, 7) is 2.20. The summed E-state index contributed by atoms with van der Waals surface area (Å²) in [6.07, 6.45) is 1.35. The minimum absolute atomic E-state index is 0.0774. The number of carbonyl (C=O) groups excluding carboxylic acids is 1. The number of esters is 1. The van der Waals surface area contributed by atoms with E-state index in [9.17, 15) is 4.79 Å². The van der Waals surface area contributed by atoms with Gasteiger partial charge in [0.1, 0.15) is 18.7 Å². The fourth-order valence-electron chi connectivity index (χ4n) is 0.923. The van der Waals surface area contributed by atoms with Gasteiger partial charge in [0.15, 0.2) is 0 Å². The molecule has 1 N–H and O–H groups in total. The van der Waals surface area contributed by atoms with E-state index in [1.165, 1.54) is 13.4 Å². The number of nitrogens with one attached hydrogen (secondary N) is 1. The number of nitrogens with zero attached hydrogens (tertiary/aromatic N) is 2. The molecule has 6 heteroatoms. The molecule has 0 spiro atoms. The molecular formula is C9H13N3O3. The molecule has 0 aromatic carbocycles. The fraction of sp³-hybridized carbons (Fsp3) is 0.444. The highest BCUT2D eigenvalue weighted by Gasteiger charge is 2.02. The van der Waals surface area contributed by atoms with E-state index in [0.29, 0.717) is 18.3 Å². The van der Waals surface area contributed by atoms with E-state index in [1.54, 1.807) is 13.0 Å². The maximum absolute atomic E-state index is 11.0. The van der Waals surface area contributed by atoms with Crippen molar-refractivity contribution in [3.05, 3.63) is 12.4 Å². The lowest BCUT2D eigenvalue weighted by molar-refractivity contribution is -0.140. The Balaban J connectivity index is 2.46. The molecule has 1 aromatic rings. The van der Waals surface area contributed by atoms with Gasteiger partial charge in [0.2, 0.25) is 5.88 Å². The first-order valence-corrected chi connectivity index (χ1v) is 4.51. The lowest BCUT2D eigenvalue weighted by atomic mass is 10.5. The molecule has 1 rings (SSSR count). The lowest BCUT2D eigenvalue weighted by Crippen LogP contribution is -2.17. The van der Waals surface area contributed by atoms with Crippen molar-refractivity contribution in [1.29, 1.82) is 0 Å². The van der Waals surface area contributed by atoms with E-state index in [2.05, 4.69) is 15.3 Å². The Morgan fingerprint density at radius 1 is 1.53 bits per heavy atom. The van der Waals surface area contributed by atoms with Crippen molar-refractivity contribution in [3.8, 4) is 5.88 Å². The van der Waals surface area contributed by atoms with Gasteiger partial charge in [-0.3, -0.25) is 4.79 Å². The summed E-state index contributed by atoms with van der Waals surface area (Å²) in [7, 11) is 1.51. The number of methoxy groups -OCH3 is 1. The molecule has 1 aromatic heterocycles. The number of carbonyl (C=O) groups is 1. The van der Waals surface area contributed by atoms with Gasteiger partial charge in [-0.1, -0.05) is 0 Å². The van der Waals surface area contributed by atoms with Gasteiger partial charge in [-0.05, 0) is 6.92 Å². The zero-order valence-electron chi connectivity index (χ0n) is 8.69. The summed E-state index contributed by atoms with van der Waals surface area (Å²) >= 11 is 0. The SMILES string of the molecule is CCOC(=O)CNc1cc(OC)ncn1. The van der Waals surface area contributed by atoms with E-state index >= 15 is 0 Å². The van der Waals surface area contributed by atoms with Crippen molar-refractivity contribution in [2.45, 2.75) is 6.92 Å². The fourth-order valence-corrected chi connectivity index (χ4v) is 0.923. The van der Waals surface area contributed by atoms with Crippen LogP contribution in [0.4, 0.5) is 5.82 Å². The van der Waals surface area contributed by atoms with Gasteiger partial charge < -0.3 is 14.8 Å². The highest BCUT2D eigenvalue weighted by molar-refractivity contribution is 5.74. The molecule has 0 bridgehead atoms. The van der Waals surface area contributed by atoms with Gasteiger partial charge in [-0.2, -0.15) is 0 Å². The third kappa shape index (κ3) is 3.80. The standard InChI is InChI=1S/C9H13N3O3/c1-3-15-9(13)5-10-7-4-8(14-2)12-6-11-7/h4,6H,3,5H2,1-2H3,(H,10,11,12). The summed E-state index contributed by atoms with van der Waals surface area (Å²) in [5.41, 5.74) is 0. The molecule has 0 fully saturated rings. The van der Waals surface area contributed by atoms with Crippen LogP contribution in [0, 0.1) is 0 Å². The molecule has 0 aliphatic rings. The number of hydrogen-bond acceptors (Lipinski definition) is 6. The van der Waals surface area contributed by atoms with Crippen LogP contribution >= 0.6 is 0 Å². The quantitative estimate of drug-likeness (QED) is 0.713. The Hall–Kier alpha value is -1.85. The molecule has 0 amide bonds. The monoisotopic (exact) mass is 211 g/mol. The van der Waals surface area contributed by atoms with Crippen LogP contribution in [0.5, 0.6) is 5.88 Å². The molecule has 6 nitrogen and oxygen atoms in total. The van der Waals surface area contributed by atoms with Crippen LogP contribution in [0.2, 0.25) is 0 Å². The summed E-state index contributed by atoms with van der Waals surface area (Å²) < 4.78 is 9.65. The molecule has 0 unspecified atom stereocenters. The minimum atomic E-state index is -0.324. The second kappa shape index (κ2) is 5.79. The van der Waals surface area contributed by atoms with Gasteiger partial charge in [0.25, 0.3) is 0 Å². The molecular weight excluding hydrogens is 198 g/mol. The highest BCUT2D eigenvalue weighted by Crippen LogP contribution is 2.09. The Kier molecular flexibility index (Phi) is 4.33. The predicted octanol–water partition coefficient (Wildman–Crippen LogP) is 0.460. The van der Waals surface area contributed by atoms with Crippen molar-refractivity contribution in [2.24, 2.45) is 0 Å². The number of ether oxygens (including phenoxy) is 2. The second-order valence-electron chi connectivity index (χ2n) is 2.60. The molecule has 15 heavy (non-hydrogen) atoms. The highest BCUT2D eigenvalue weighted by atomic mass is 16.5. The average Bonchev–Trinajstić information content (AvgIpc) is 2.27. The summed E-state index contributed by atoms with van der Waals surface area (Å²) in [4.78, 5) is 18.8. The second-order valence-corrected chi connectivity index (χ2v) is 2.60. The zero-order valence-corrected chi connectivity index (χ0v) is 8.69. The molecule has 0 saturated heterocycles. The van der Waals surface area contributed by atoms with Crippen molar-refractivity contribution in [2.75, 3.05) is 25.6 Å². The van der Waals surface area contributed by atoms with Gasteiger partial charge in [0, 0.05) is 6.07 Å². The van der Waals surface area contributed by atoms with Crippen molar-refractivity contribution >= 4 is 11.8 Å². The van der Waals surface area contributed by atoms with Crippen LogP contribution in [-0.4, -0.2) is 36.2 Å². The Morgan fingerprint density at radius 3 is 3.00 bits per heavy atom. The van der Waals surface area contributed by atoms with Gasteiger partial charge in [0.05, 0.1) is 13.7 Å². The summed E-state index contributed by atoms with van der Waals surface area (Å²) in [5.74, 6) is 0.640. The maximum atomic E-state index is 11.0. The van der Waals surface area contributed by atoms with Crippen LogP contribution in [-0.2, 0) is 9.53 Å². The number of rotatable bonds is 5. The van der Waals surface area contributed by atoms with Crippen LogP contribution in [0.1, 0.15) is 6.92 Å².